The lowest BCUT2D eigenvalue weighted by molar-refractivity contribution is 0.141. The second-order valence-electron chi connectivity index (χ2n) is 5.99. The Labute approximate surface area is 120 Å². The van der Waals surface area contributed by atoms with Gasteiger partial charge in [-0.2, -0.15) is 0 Å². The molecule has 0 bridgehead atoms. The first-order valence-electron chi connectivity index (χ1n) is 7.67. The molecular weight excluding hydrogens is 255 g/mol. The topological polar surface area (TPSA) is 34.2 Å². The van der Waals surface area contributed by atoms with Gasteiger partial charge in [-0.3, -0.25) is 0 Å². The van der Waals surface area contributed by atoms with Gasteiger partial charge in [-0.25, -0.2) is 9.37 Å². The number of nitrogens with zero attached hydrogens (tertiary/aromatic N) is 1. The van der Waals surface area contributed by atoms with Crippen LogP contribution in [0.2, 0.25) is 0 Å². The zero-order valence-corrected chi connectivity index (χ0v) is 12.5. The largest absolute Gasteiger partial charge is 0.472 e. The van der Waals surface area contributed by atoms with Gasteiger partial charge in [0, 0.05) is 18.3 Å². The third-order valence-corrected chi connectivity index (χ3v) is 3.64. The van der Waals surface area contributed by atoms with Crippen molar-refractivity contribution in [3.05, 3.63) is 23.6 Å². The Morgan fingerprint density at radius 2 is 2.10 bits per heavy atom. The van der Waals surface area contributed by atoms with Crippen LogP contribution in [0, 0.1) is 11.7 Å². The second-order valence-corrected chi connectivity index (χ2v) is 5.99. The Morgan fingerprint density at radius 3 is 2.80 bits per heavy atom. The van der Waals surface area contributed by atoms with E-state index in [-0.39, 0.29) is 17.8 Å². The zero-order valence-electron chi connectivity index (χ0n) is 12.5. The molecule has 0 spiro atoms. The summed E-state index contributed by atoms with van der Waals surface area (Å²) >= 11 is 0. The van der Waals surface area contributed by atoms with Crippen LogP contribution in [0.4, 0.5) is 4.39 Å². The molecule has 0 unspecified atom stereocenters. The lowest BCUT2D eigenvalue weighted by Gasteiger charge is -2.22. The molecule has 1 aliphatic rings. The first-order valence-corrected chi connectivity index (χ1v) is 7.67. The molecule has 0 radical (unpaired) electrons. The second kappa shape index (κ2) is 7.58. The highest BCUT2D eigenvalue weighted by Gasteiger charge is 2.18. The highest BCUT2D eigenvalue weighted by Crippen LogP contribution is 2.25. The SMILES string of the molecule is CC(C)CNCc1ccnc(OC2CCCCC2)c1F. The number of halogens is 1. The molecule has 1 heterocycles. The standard InChI is InChI=1S/C16H25FN2O/c1-12(2)10-18-11-13-8-9-19-16(15(13)17)20-14-6-4-3-5-7-14/h8-9,12,14,18H,3-7,10-11H2,1-2H3. The Morgan fingerprint density at radius 1 is 1.35 bits per heavy atom. The van der Waals surface area contributed by atoms with Crippen LogP contribution in [-0.4, -0.2) is 17.6 Å². The summed E-state index contributed by atoms with van der Waals surface area (Å²) < 4.78 is 20.1. The van der Waals surface area contributed by atoms with Gasteiger partial charge >= 0.3 is 0 Å². The predicted octanol–water partition coefficient (Wildman–Crippen LogP) is 3.68. The maximum Gasteiger partial charge on any atom is 0.250 e. The Hall–Kier alpha value is -1.16. The number of hydrogen-bond donors (Lipinski definition) is 1. The number of hydrogen-bond acceptors (Lipinski definition) is 3. The molecule has 0 saturated heterocycles. The molecule has 0 amide bonds. The Bertz CT molecular complexity index is 417. The molecule has 20 heavy (non-hydrogen) atoms. The molecule has 1 aromatic rings. The van der Waals surface area contributed by atoms with Crippen molar-refractivity contribution >= 4 is 0 Å². The van der Waals surface area contributed by atoms with E-state index in [0.717, 1.165) is 19.4 Å². The monoisotopic (exact) mass is 280 g/mol. The molecule has 1 N–H and O–H groups in total. The molecule has 0 aliphatic heterocycles. The van der Waals surface area contributed by atoms with Crippen LogP contribution in [0.15, 0.2) is 12.3 Å². The number of rotatable bonds is 6. The van der Waals surface area contributed by atoms with Crippen molar-refractivity contribution in [2.24, 2.45) is 5.92 Å². The molecule has 0 atom stereocenters. The zero-order chi connectivity index (χ0) is 14.4. The number of pyridine rings is 1. The van der Waals surface area contributed by atoms with Crippen LogP contribution < -0.4 is 10.1 Å². The van der Waals surface area contributed by atoms with E-state index >= 15 is 0 Å². The van der Waals surface area contributed by atoms with Gasteiger partial charge in [0.1, 0.15) is 6.10 Å². The third kappa shape index (κ3) is 4.44. The highest BCUT2D eigenvalue weighted by molar-refractivity contribution is 5.23. The van der Waals surface area contributed by atoms with Gasteiger partial charge in [-0.1, -0.05) is 20.3 Å². The molecule has 1 saturated carbocycles. The van der Waals surface area contributed by atoms with E-state index in [4.69, 9.17) is 4.74 Å². The first kappa shape index (κ1) is 15.2. The van der Waals surface area contributed by atoms with Crippen molar-refractivity contribution in [3.63, 3.8) is 0 Å². The summed E-state index contributed by atoms with van der Waals surface area (Å²) in [4.78, 5) is 4.05. The first-order chi connectivity index (χ1) is 9.66. The average Bonchev–Trinajstić information content (AvgIpc) is 2.44. The molecule has 112 valence electrons. The lowest BCUT2D eigenvalue weighted by atomic mass is 9.98. The van der Waals surface area contributed by atoms with Crippen LogP contribution in [0.3, 0.4) is 0 Å². The van der Waals surface area contributed by atoms with Crippen molar-refractivity contribution in [3.8, 4) is 5.88 Å². The minimum absolute atomic E-state index is 0.129. The van der Waals surface area contributed by atoms with Crippen molar-refractivity contribution in [2.45, 2.75) is 58.6 Å². The number of ether oxygens (including phenoxy) is 1. The quantitative estimate of drug-likeness (QED) is 0.863. The summed E-state index contributed by atoms with van der Waals surface area (Å²) in [6, 6.07) is 1.72. The van der Waals surface area contributed by atoms with Gasteiger partial charge in [0.05, 0.1) is 0 Å². The minimum atomic E-state index is -0.311. The summed E-state index contributed by atoms with van der Waals surface area (Å²) in [5.41, 5.74) is 0.631. The van der Waals surface area contributed by atoms with Crippen LogP contribution in [-0.2, 0) is 6.54 Å². The van der Waals surface area contributed by atoms with E-state index in [1.54, 1.807) is 12.3 Å². The van der Waals surface area contributed by atoms with Gasteiger partial charge in [-0.15, -0.1) is 0 Å². The van der Waals surface area contributed by atoms with Crippen molar-refractivity contribution in [1.29, 1.82) is 0 Å². The number of nitrogens with one attached hydrogen (secondary N) is 1. The van der Waals surface area contributed by atoms with E-state index in [2.05, 4.69) is 24.1 Å². The van der Waals surface area contributed by atoms with Crippen molar-refractivity contribution < 1.29 is 9.13 Å². The minimum Gasteiger partial charge on any atom is -0.472 e. The van der Waals surface area contributed by atoms with E-state index in [1.807, 2.05) is 0 Å². The van der Waals surface area contributed by atoms with E-state index in [9.17, 15) is 4.39 Å². The van der Waals surface area contributed by atoms with Crippen molar-refractivity contribution in [2.75, 3.05) is 6.54 Å². The summed E-state index contributed by atoms with van der Waals surface area (Å²) in [6.45, 7) is 5.66. The summed E-state index contributed by atoms with van der Waals surface area (Å²) in [5, 5.41) is 3.25. The fourth-order valence-corrected chi connectivity index (χ4v) is 2.52. The molecule has 1 fully saturated rings. The van der Waals surface area contributed by atoms with E-state index < -0.39 is 0 Å². The highest BCUT2D eigenvalue weighted by atomic mass is 19.1. The van der Waals surface area contributed by atoms with Crippen LogP contribution in [0.1, 0.15) is 51.5 Å². The smallest absolute Gasteiger partial charge is 0.250 e. The van der Waals surface area contributed by atoms with E-state index in [0.29, 0.717) is 18.0 Å². The molecular formula is C16H25FN2O. The Balaban J connectivity index is 1.95. The van der Waals surface area contributed by atoms with Gasteiger partial charge in [0.25, 0.3) is 5.88 Å². The predicted molar refractivity (Wildman–Crippen MR) is 78.2 cm³/mol. The fraction of sp³-hybridized carbons (Fsp3) is 0.688. The molecule has 3 nitrogen and oxygen atoms in total. The fourth-order valence-electron chi connectivity index (χ4n) is 2.52. The molecule has 1 aromatic heterocycles. The maximum atomic E-state index is 14.3. The van der Waals surface area contributed by atoms with Gasteiger partial charge in [0.15, 0.2) is 5.82 Å². The Kier molecular flexibility index (Phi) is 5.77. The molecule has 1 aliphatic carbocycles. The van der Waals surface area contributed by atoms with Gasteiger partial charge < -0.3 is 10.1 Å². The summed E-state index contributed by atoms with van der Waals surface area (Å²) in [7, 11) is 0. The van der Waals surface area contributed by atoms with Gasteiger partial charge in [-0.05, 0) is 44.2 Å². The average molecular weight is 280 g/mol. The van der Waals surface area contributed by atoms with Crippen LogP contribution >= 0.6 is 0 Å². The normalized spacial score (nSPS) is 16.6. The molecule has 2 rings (SSSR count). The van der Waals surface area contributed by atoms with E-state index in [1.165, 1.54) is 19.3 Å². The van der Waals surface area contributed by atoms with Crippen molar-refractivity contribution in [1.82, 2.24) is 10.3 Å². The lowest BCUT2D eigenvalue weighted by Crippen LogP contribution is -2.22. The third-order valence-electron chi connectivity index (χ3n) is 3.64. The summed E-state index contributed by atoms with van der Waals surface area (Å²) in [6.07, 6.45) is 7.38. The van der Waals surface area contributed by atoms with Crippen LogP contribution in [0.25, 0.3) is 0 Å². The summed E-state index contributed by atoms with van der Waals surface area (Å²) in [5.74, 6) is 0.410. The number of aromatic nitrogens is 1. The maximum absolute atomic E-state index is 14.3. The molecule has 0 aromatic carbocycles. The van der Waals surface area contributed by atoms with Gasteiger partial charge in [0.2, 0.25) is 0 Å². The van der Waals surface area contributed by atoms with Crippen LogP contribution in [0.5, 0.6) is 5.88 Å². The molecule has 4 heteroatoms.